The molecular formula is C41H69NO8. The van der Waals surface area contributed by atoms with Gasteiger partial charge in [-0.2, -0.15) is 0 Å². The Kier molecular flexibility index (Phi) is 28.6. The lowest BCUT2D eigenvalue weighted by atomic mass is 9.99. The van der Waals surface area contributed by atoms with Gasteiger partial charge in [-0.15, -0.1) is 0 Å². The zero-order valence-corrected chi connectivity index (χ0v) is 30.9. The van der Waals surface area contributed by atoms with Crippen LogP contribution in [0.4, 0.5) is 0 Å². The minimum absolute atomic E-state index is 0.210. The summed E-state index contributed by atoms with van der Waals surface area (Å²) in [7, 11) is 0. The van der Waals surface area contributed by atoms with Gasteiger partial charge in [-0.05, 0) is 64.2 Å². The van der Waals surface area contributed by atoms with Gasteiger partial charge < -0.3 is 40.3 Å². The van der Waals surface area contributed by atoms with Crippen LogP contribution in [-0.4, -0.2) is 87.5 Å². The molecule has 6 N–H and O–H groups in total. The van der Waals surface area contributed by atoms with Gasteiger partial charge in [0.05, 0.1) is 25.4 Å². The second-order valence-corrected chi connectivity index (χ2v) is 13.0. The molecule has 0 aliphatic carbocycles. The first-order valence-corrected chi connectivity index (χ1v) is 19.2. The summed E-state index contributed by atoms with van der Waals surface area (Å²) in [4.78, 5) is 12.8. The standard InChI is InChI=1S/C41H69NO8/c1-3-5-7-9-11-13-14-15-16-17-18-19-20-21-22-23-25-27-29-31-37(45)42-34(35(44)30-28-26-24-12-10-8-6-4-2)33-49-41-40(48)39(47)38(46)36(32-43)50-41/h5,7,10-13,15-16,18-19,28,30,34-36,38-41,43-44,46-48H,3-4,6,8-9,14,17,20-27,29,31-33H2,1-2H3,(H,42,45)/b7-5-,12-10+,13-11-,16-15-,19-18-,30-28+. The summed E-state index contributed by atoms with van der Waals surface area (Å²) < 4.78 is 11.1. The van der Waals surface area contributed by atoms with E-state index in [2.05, 4.69) is 79.9 Å². The molecule has 286 valence electrons. The highest BCUT2D eigenvalue weighted by molar-refractivity contribution is 5.76. The maximum Gasteiger partial charge on any atom is 0.220 e. The predicted octanol–water partition coefficient (Wildman–Crippen LogP) is 6.66. The first-order chi connectivity index (χ1) is 24.3. The normalized spacial score (nSPS) is 23.1. The number of rotatable bonds is 29. The Balaban J connectivity index is 2.40. The van der Waals surface area contributed by atoms with Gasteiger partial charge in [-0.25, -0.2) is 0 Å². The van der Waals surface area contributed by atoms with Crippen LogP contribution in [0.15, 0.2) is 72.9 Å². The van der Waals surface area contributed by atoms with Crippen LogP contribution in [0.5, 0.6) is 0 Å². The number of aliphatic hydroxyl groups is 5. The third-order valence-electron chi connectivity index (χ3n) is 8.51. The van der Waals surface area contributed by atoms with Crippen LogP contribution in [0.2, 0.25) is 0 Å². The first kappa shape index (κ1) is 45.7. The van der Waals surface area contributed by atoms with Gasteiger partial charge in [0.1, 0.15) is 24.4 Å². The zero-order chi connectivity index (χ0) is 36.7. The maximum atomic E-state index is 12.8. The molecule has 1 heterocycles. The lowest BCUT2D eigenvalue weighted by Crippen LogP contribution is -2.60. The minimum Gasteiger partial charge on any atom is -0.394 e. The van der Waals surface area contributed by atoms with Crippen molar-refractivity contribution in [2.75, 3.05) is 13.2 Å². The fourth-order valence-corrected chi connectivity index (χ4v) is 5.38. The van der Waals surface area contributed by atoms with Gasteiger partial charge in [-0.3, -0.25) is 4.79 Å². The van der Waals surface area contributed by atoms with Gasteiger partial charge in [0.2, 0.25) is 5.91 Å². The van der Waals surface area contributed by atoms with Crippen molar-refractivity contribution >= 4 is 5.91 Å². The molecule has 1 fully saturated rings. The summed E-state index contributed by atoms with van der Waals surface area (Å²) in [5.74, 6) is -0.210. The molecule has 0 aromatic rings. The summed E-state index contributed by atoms with van der Waals surface area (Å²) in [5.41, 5.74) is 0. The number of hydrogen-bond donors (Lipinski definition) is 6. The van der Waals surface area contributed by atoms with Gasteiger partial charge in [0.25, 0.3) is 0 Å². The zero-order valence-electron chi connectivity index (χ0n) is 30.9. The molecule has 9 heteroatoms. The van der Waals surface area contributed by atoms with Crippen molar-refractivity contribution in [1.29, 1.82) is 0 Å². The van der Waals surface area contributed by atoms with E-state index in [0.717, 1.165) is 103 Å². The highest BCUT2D eigenvalue weighted by atomic mass is 16.7. The Hall–Kier alpha value is -2.37. The van der Waals surface area contributed by atoms with E-state index in [1.165, 1.54) is 0 Å². The monoisotopic (exact) mass is 704 g/mol. The number of unbranched alkanes of at least 4 members (excludes halogenated alkanes) is 9. The third kappa shape index (κ3) is 22.4. The summed E-state index contributed by atoms with van der Waals surface area (Å²) in [6.45, 7) is 3.51. The SMILES string of the molecule is CC/C=C\C/C=C\C/C=C\C/C=C\CCCCCCCCC(=O)NC(COC1OC(CO)C(O)C(O)C1O)C(O)/C=C/CC/C=C/CCCC. The van der Waals surface area contributed by atoms with Crippen LogP contribution in [0.3, 0.4) is 0 Å². The molecule has 0 aromatic heterocycles. The van der Waals surface area contributed by atoms with Crippen molar-refractivity contribution in [1.82, 2.24) is 5.32 Å². The van der Waals surface area contributed by atoms with E-state index in [0.29, 0.717) is 6.42 Å². The highest BCUT2D eigenvalue weighted by Gasteiger charge is 2.44. The summed E-state index contributed by atoms with van der Waals surface area (Å²) in [5, 5.41) is 53.7. The number of amides is 1. The predicted molar refractivity (Wildman–Crippen MR) is 202 cm³/mol. The highest BCUT2D eigenvalue weighted by Crippen LogP contribution is 2.22. The molecule has 0 aromatic carbocycles. The number of aliphatic hydroxyl groups excluding tert-OH is 5. The Labute approximate surface area is 302 Å². The van der Waals surface area contributed by atoms with Crippen molar-refractivity contribution in [2.45, 2.75) is 166 Å². The number of nitrogens with one attached hydrogen (secondary N) is 1. The smallest absolute Gasteiger partial charge is 0.220 e. The van der Waals surface area contributed by atoms with E-state index in [1.54, 1.807) is 6.08 Å². The van der Waals surface area contributed by atoms with E-state index in [4.69, 9.17) is 9.47 Å². The lowest BCUT2D eigenvalue weighted by Gasteiger charge is -2.40. The molecule has 1 aliphatic heterocycles. The number of hydrogen-bond acceptors (Lipinski definition) is 8. The van der Waals surface area contributed by atoms with Crippen LogP contribution in [-0.2, 0) is 14.3 Å². The van der Waals surface area contributed by atoms with Crippen LogP contribution in [0, 0.1) is 0 Å². The average molecular weight is 704 g/mol. The Bertz CT molecular complexity index is 1000. The van der Waals surface area contributed by atoms with Gasteiger partial charge in [0, 0.05) is 6.42 Å². The van der Waals surface area contributed by atoms with Crippen LogP contribution in [0.1, 0.15) is 123 Å². The van der Waals surface area contributed by atoms with Crippen LogP contribution >= 0.6 is 0 Å². The molecular weight excluding hydrogens is 634 g/mol. The van der Waals surface area contributed by atoms with Crippen molar-refractivity contribution in [3.05, 3.63) is 72.9 Å². The topological polar surface area (TPSA) is 149 Å². The average Bonchev–Trinajstić information content (AvgIpc) is 3.11. The third-order valence-corrected chi connectivity index (χ3v) is 8.51. The Morgan fingerprint density at radius 3 is 1.92 bits per heavy atom. The molecule has 0 radical (unpaired) electrons. The molecule has 0 saturated carbocycles. The summed E-state index contributed by atoms with van der Waals surface area (Å²) >= 11 is 0. The molecule has 1 amide bonds. The van der Waals surface area contributed by atoms with Crippen molar-refractivity contribution in [3.63, 3.8) is 0 Å². The number of ether oxygens (including phenoxy) is 2. The molecule has 0 spiro atoms. The second kappa shape index (κ2) is 31.4. The molecule has 9 nitrogen and oxygen atoms in total. The number of carbonyl (C=O) groups excluding carboxylic acids is 1. The minimum atomic E-state index is -1.58. The van der Waals surface area contributed by atoms with E-state index in [-0.39, 0.29) is 12.5 Å². The summed E-state index contributed by atoms with van der Waals surface area (Å²) in [6, 6.07) is -0.829. The largest absolute Gasteiger partial charge is 0.394 e. The molecule has 1 saturated heterocycles. The van der Waals surface area contributed by atoms with E-state index in [1.807, 2.05) is 6.08 Å². The fourth-order valence-electron chi connectivity index (χ4n) is 5.38. The molecule has 7 atom stereocenters. The fraction of sp³-hybridized carbons (Fsp3) is 0.683. The van der Waals surface area contributed by atoms with Crippen LogP contribution < -0.4 is 5.32 Å². The number of allylic oxidation sites excluding steroid dienone is 11. The van der Waals surface area contributed by atoms with Gasteiger partial charge in [-0.1, -0.05) is 125 Å². The molecule has 0 bridgehead atoms. The van der Waals surface area contributed by atoms with Crippen molar-refractivity contribution < 1.29 is 39.8 Å². The second-order valence-electron chi connectivity index (χ2n) is 13.0. The van der Waals surface area contributed by atoms with Gasteiger partial charge in [0.15, 0.2) is 6.29 Å². The Morgan fingerprint density at radius 1 is 0.700 bits per heavy atom. The quantitative estimate of drug-likeness (QED) is 0.0375. The Morgan fingerprint density at radius 2 is 1.26 bits per heavy atom. The molecule has 1 rings (SSSR count). The van der Waals surface area contributed by atoms with Crippen molar-refractivity contribution in [2.24, 2.45) is 0 Å². The van der Waals surface area contributed by atoms with E-state index >= 15 is 0 Å². The van der Waals surface area contributed by atoms with Crippen LogP contribution in [0.25, 0.3) is 0 Å². The molecule has 50 heavy (non-hydrogen) atoms. The van der Waals surface area contributed by atoms with Crippen molar-refractivity contribution in [3.8, 4) is 0 Å². The molecule has 1 aliphatic rings. The molecule has 7 unspecified atom stereocenters. The van der Waals surface area contributed by atoms with E-state index < -0.39 is 49.5 Å². The number of carbonyl (C=O) groups is 1. The lowest BCUT2D eigenvalue weighted by molar-refractivity contribution is -0.302. The van der Waals surface area contributed by atoms with Gasteiger partial charge >= 0.3 is 0 Å². The van der Waals surface area contributed by atoms with E-state index in [9.17, 15) is 30.3 Å². The first-order valence-electron chi connectivity index (χ1n) is 19.2. The maximum absolute atomic E-state index is 12.8. The summed E-state index contributed by atoms with van der Waals surface area (Å²) in [6.07, 6.45) is 33.9.